The maximum absolute atomic E-state index is 12.1. The van der Waals surface area contributed by atoms with Gasteiger partial charge in [-0.05, 0) is 39.0 Å². The van der Waals surface area contributed by atoms with Crippen LogP contribution in [0.15, 0.2) is 22.7 Å². The quantitative estimate of drug-likeness (QED) is 0.849. The second-order valence-electron chi connectivity index (χ2n) is 5.56. The van der Waals surface area contributed by atoms with Crippen molar-refractivity contribution in [2.24, 2.45) is 0 Å². The number of hydrogen-bond acceptors (Lipinski definition) is 4. The summed E-state index contributed by atoms with van der Waals surface area (Å²) < 4.78 is 24.3. The van der Waals surface area contributed by atoms with Gasteiger partial charge in [0, 0.05) is 18.1 Å². The van der Waals surface area contributed by atoms with Crippen molar-refractivity contribution in [2.75, 3.05) is 30.0 Å². The molecule has 0 aliphatic rings. The van der Waals surface area contributed by atoms with Gasteiger partial charge in [0.25, 0.3) is 0 Å². The number of hydrogen-bond donors (Lipinski definition) is 1. The van der Waals surface area contributed by atoms with Crippen LogP contribution < -0.4 is 10.6 Å². The molecule has 6 heteroatoms. The number of nitrogens with zero attached hydrogens (tertiary/aromatic N) is 1. The average molecular weight is 349 g/mol. The number of benzene rings is 1. The Morgan fingerprint density at radius 2 is 1.89 bits per heavy atom. The Morgan fingerprint density at radius 1 is 1.32 bits per heavy atom. The van der Waals surface area contributed by atoms with Crippen molar-refractivity contribution in [3.05, 3.63) is 22.7 Å². The van der Waals surface area contributed by atoms with E-state index in [4.69, 9.17) is 5.73 Å². The summed E-state index contributed by atoms with van der Waals surface area (Å²) in [5, 5.41) is 0. The topological polar surface area (TPSA) is 63.4 Å². The SMILES string of the molecule is CN(CCS(=O)(=O)C(C)(C)C)c1ccc(Br)cc1N. The lowest BCUT2D eigenvalue weighted by atomic mass is 10.2. The molecule has 0 aliphatic heterocycles. The third kappa shape index (κ3) is 4.11. The average Bonchev–Trinajstić information content (AvgIpc) is 2.24. The lowest BCUT2D eigenvalue weighted by molar-refractivity contribution is 0.559. The van der Waals surface area contributed by atoms with E-state index in [1.165, 1.54) is 0 Å². The van der Waals surface area contributed by atoms with Crippen molar-refractivity contribution in [3.63, 3.8) is 0 Å². The second kappa shape index (κ2) is 5.71. The highest BCUT2D eigenvalue weighted by Crippen LogP contribution is 2.26. The summed E-state index contributed by atoms with van der Waals surface area (Å²) in [7, 11) is -1.27. The molecule has 2 N–H and O–H groups in total. The number of nitrogen functional groups attached to an aromatic ring is 1. The minimum absolute atomic E-state index is 0.114. The van der Waals surface area contributed by atoms with Gasteiger partial charge >= 0.3 is 0 Å². The van der Waals surface area contributed by atoms with Crippen LogP contribution in [0, 0.1) is 0 Å². The normalized spacial score (nSPS) is 12.5. The third-order valence-electron chi connectivity index (χ3n) is 3.03. The molecule has 0 unspecified atom stereocenters. The Hall–Kier alpha value is -0.750. The van der Waals surface area contributed by atoms with Gasteiger partial charge in [-0.15, -0.1) is 0 Å². The van der Waals surface area contributed by atoms with E-state index in [1.54, 1.807) is 20.8 Å². The highest BCUT2D eigenvalue weighted by atomic mass is 79.9. The molecule has 108 valence electrons. The molecule has 0 saturated heterocycles. The summed E-state index contributed by atoms with van der Waals surface area (Å²) in [5.41, 5.74) is 7.40. The Labute approximate surface area is 124 Å². The number of anilines is 2. The molecule has 0 atom stereocenters. The second-order valence-corrected chi connectivity index (χ2v) is 9.33. The van der Waals surface area contributed by atoms with Crippen molar-refractivity contribution in [1.29, 1.82) is 0 Å². The van der Waals surface area contributed by atoms with Gasteiger partial charge in [0.15, 0.2) is 9.84 Å². The third-order valence-corrected chi connectivity index (χ3v) is 6.11. The number of nitrogens with two attached hydrogens (primary N) is 1. The van der Waals surface area contributed by atoms with Crippen LogP contribution in [0.25, 0.3) is 0 Å². The summed E-state index contributed by atoms with van der Waals surface area (Å²) in [6.45, 7) is 5.58. The summed E-state index contributed by atoms with van der Waals surface area (Å²) in [6.07, 6.45) is 0. The van der Waals surface area contributed by atoms with Crippen molar-refractivity contribution >= 4 is 37.1 Å². The van der Waals surface area contributed by atoms with Crippen LogP contribution in [0.2, 0.25) is 0 Å². The lowest BCUT2D eigenvalue weighted by Gasteiger charge is -2.24. The van der Waals surface area contributed by atoms with Gasteiger partial charge in [0.2, 0.25) is 0 Å². The summed E-state index contributed by atoms with van der Waals surface area (Å²) in [4.78, 5) is 1.87. The molecule has 0 saturated carbocycles. The molecular formula is C13H21BrN2O2S. The van der Waals surface area contributed by atoms with E-state index in [0.29, 0.717) is 12.2 Å². The van der Waals surface area contributed by atoms with Crippen molar-refractivity contribution in [1.82, 2.24) is 0 Å². The molecule has 0 aromatic heterocycles. The predicted molar refractivity (Wildman–Crippen MR) is 85.4 cm³/mol. The van der Waals surface area contributed by atoms with Crippen molar-refractivity contribution < 1.29 is 8.42 Å². The molecule has 0 spiro atoms. The first-order valence-corrected chi connectivity index (χ1v) is 8.47. The highest BCUT2D eigenvalue weighted by molar-refractivity contribution is 9.10. The van der Waals surface area contributed by atoms with Crippen LogP contribution in [0.5, 0.6) is 0 Å². The zero-order valence-electron chi connectivity index (χ0n) is 11.8. The molecule has 0 amide bonds. The minimum atomic E-state index is -3.11. The van der Waals surface area contributed by atoms with E-state index < -0.39 is 14.6 Å². The smallest absolute Gasteiger partial charge is 0.156 e. The molecule has 0 radical (unpaired) electrons. The van der Waals surface area contributed by atoms with E-state index in [0.717, 1.165) is 10.2 Å². The number of rotatable bonds is 4. The molecule has 19 heavy (non-hydrogen) atoms. The summed E-state index contributed by atoms with van der Waals surface area (Å²) in [6, 6.07) is 5.58. The molecule has 1 aromatic rings. The van der Waals surface area contributed by atoms with Crippen molar-refractivity contribution in [3.8, 4) is 0 Å². The van der Waals surface area contributed by atoms with Crippen LogP contribution in [0.3, 0.4) is 0 Å². The van der Waals surface area contributed by atoms with E-state index in [-0.39, 0.29) is 5.75 Å². The Kier molecular flexibility index (Phi) is 4.90. The van der Waals surface area contributed by atoms with Crippen LogP contribution in [0.1, 0.15) is 20.8 Å². The van der Waals surface area contributed by atoms with Crippen LogP contribution in [-0.4, -0.2) is 32.5 Å². The Morgan fingerprint density at radius 3 is 2.37 bits per heavy atom. The zero-order chi connectivity index (χ0) is 14.8. The molecule has 0 fully saturated rings. The number of halogens is 1. The van der Waals surface area contributed by atoms with Crippen LogP contribution >= 0.6 is 15.9 Å². The standard InChI is InChI=1S/C13H21BrN2O2S/c1-13(2,3)19(17,18)8-7-16(4)12-6-5-10(14)9-11(12)15/h5-6,9H,7-8,15H2,1-4H3. The van der Waals surface area contributed by atoms with E-state index >= 15 is 0 Å². The van der Waals surface area contributed by atoms with Gasteiger partial charge in [-0.2, -0.15) is 0 Å². The van der Waals surface area contributed by atoms with Gasteiger partial charge < -0.3 is 10.6 Å². The van der Waals surface area contributed by atoms with Crippen LogP contribution in [-0.2, 0) is 9.84 Å². The summed E-state index contributed by atoms with van der Waals surface area (Å²) >= 11 is 3.35. The molecular weight excluding hydrogens is 328 g/mol. The summed E-state index contributed by atoms with van der Waals surface area (Å²) in [5.74, 6) is 0.114. The monoisotopic (exact) mass is 348 g/mol. The first kappa shape index (κ1) is 16.3. The molecule has 0 aliphatic carbocycles. The van der Waals surface area contributed by atoms with Gasteiger partial charge in [-0.1, -0.05) is 15.9 Å². The first-order valence-electron chi connectivity index (χ1n) is 6.03. The zero-order valence-corrected chi connectivity index (χ0v) is 14.2. The molecule has 1 aromatic carbocycles. The molecule has 4 nitrogen and oxygen atoms in total. The lowest BCUT2D eigenvalue weighted by Crippen LogP contribution is -2.35. The largest absolute Gasteiger partial charge is 0.397 e. The highest BCUT2D eigenvalue weighted by Gasteiger charge is 2.28. The van der Waals surface area contributed by atoms with Gasteiger partial charge in [0.05, 0.1) is 21.9 Å². The minimum Gasteiger partial charge on any atom is -0.397 e. The Balaban J connectivity index is 2.79. The fourth-order valence-corrected chi connectivity index (χ4v) is 3.06. The fraction of sp³-hybridized carbons (Fsp3) is 0.538. The maximum atomic E-state index is 12.1. The van der Waals surface area contributed by atoms with Gasteiger partial charge in [-0.25, -0.2) is 8.42 Å². The van der Waals surface area contributed by atoms with E-state index in [9.17, 15) is 8.42 Å². The van der Waals surface area contributed by atoms with E-state index in [1.807, 2.05) is 30.1 Å². The fourth-order valence-electron chi connectivity index (χ4n) is 1.56. The van der Waals surface area contributed by atoms with Crippen molar-refractivity contribution in [2.45, 2.75) is 25.5 Å². The van der Waals surface area contributed by atoms with Gasteiger partial charge in [0.1, 0.15) is 0 Å². The molecule has 0 heterocycles. The van der Waals surface area contributed by atoms with Crippen LogP contribution in [0.4, 0.5) is 11.4 Å². The number of sulfone groups is 1. The molecule has 1 rings (SSSR count). The Bertz CT molecular complexity index is 550. The predicted octanol–water partition coefficient (Wildman–Crippen LogP) is 2.68. The van der Waals surface area contributed by atoms with E-state index in [2.05, 4.69) is 15.9 Å². The molecule has 0 bridgehead atoms. The van der Waals surface area contributed by atoms with Gasteiger partial charge in [-0.3, -0.25) is 0 Å². The first-order chi connectivity index (χ1) is 8.54. The maximum Gasteiger partial charge on any atom is 0.156 e.